The quantitative estimate of drug-likeness (QED) is 0.461. The molecule has 7 heteroatoms. The molecule has 3 aromatic heterocycles. The second-order valence-electron chi connectivity index (χ2n) is 8.56. The first kappa shape index (κ1) is 19.1. The van der Waals surface area contributed by atoms with E-state index in [-0.39, 0.29) is 11.9 Å². The number of nitrogens with zero attached hydrogens (tertiary/aromatic N) is 5. The zero-order valence-corrected chi connectivity index (χ0v) is 17.6. The van der Waals surface area contributed by atoms with Crippen LogP contribution in [0.2, 0.25) is 0 Å². The van der Waals surface area contributed by atoms with Crippen molar-refractivity contribution in [2.45, 2.75) is 44.1 Å². The summed E-state index contributed by atoms with van der Waals surface area (Å²) in [4.78, 5) is 29.7. The molecule has 4 aromatic rings. The molecular weight excluding hydrogens is 402 g/mol. The molecule has 0 radical (unpaired) electrons. The Hall–Kier alpha value is -3.61. The van der Waals surface area contributed by atoms with E-state index in [1.54, 1.807) is 6.20 Å². The normalized spacial score (nSPS) is 18.8. The van der Waals surface area contributed by atoms with Crippen molar-refractivity contribution in [3.63, 3.8) is 0 Å². The maximum atomic E-state index is 13.9. The van der Waals surface area contributed by atoms with Gasteiger partial charge in [0.15, 0.2) is 5.82 Å². The number of pyridine rings is 2. The molecule has 1 aliphatic heterocycles. The first-order valence-electron chi connectivity index (χ1n) is 11.2. The number of hydrogen-bond acceptors (Lipinski definition) is 6. The highest BCUT2D eigenvalue weighted by Gasteiger charge is 2.35. The van der Waals surface area contributed by atoms with E-state index < -0.39 is 0 Å². The Labute approximate surface area is 185 Å². The molecule has 0 N–H and O–H groups in total. The number of piperidine rings is 1. The van der Waals surface area contributed by atoms with Crippen molar-refractivity contribution in [1.82, 2.24) is 25.0 Å². The second kappa shape index (κ2) is 7.82. The largest absolute Gasteiger partial charge is 0.339 e. The molecule has 6 rings (SSSR count). The van der Waals surface area contributed by atoms with Gasteiger partial charge in [-0.05, 0) is 56.4 Å². The molecule has 0 bridgehead atoms. The van der Waals surface area contributed by atoms with Crippen LogP contribution in [-0.2, 0) is 0 Å². The van der Waals surface area contributed by atoms with Gasteiger partial charge in [-0.25, -0.2) is 4.98 Å². The number of benzene rings is 1. The molecule has 32 heavy (non-hydrogen) atoms. The summed E-state index contributed by atoms with van der Waals surface area (Å²) in [6.07, 6.45) is 6.79. The Balaban J connectivity index is 1.41. The van der Waals surface area contributed by atoms with E-state index in [2.05, 4.69) is 15.1 Å². The minimum absolute atomic E-state index is 0.0248. The van der Waals surface area contributed by atoms with Crippen molar-refractivity contribution in [3.8, 4) is 11.4 Å². The topological polar surface area (TPSA) is 85.0 Å². The third kappa shape index (κ3) is 3.43. The number of fused-ring (bicyclic) bond motifs is 1. The van der Waals surface area contributed by atoms with Crippen molar-refractivity contribution >= 4 is 16.8 Å². The summed E-state index contributed by atoms with van der Waals surface area (Å²) in [5, 5.41) is 5.09. The Kier molecular flexibility index (Phi) is 4.67. The summed E-state index contributed by atoms with van der Waals surface area (Å²) in [6.45, 7) is 0.673. The van der Waals surface area contributed by atoms with E-state index in [1.807, 2.05) is 53.4 Å². The van der Waals surface area contributed by atoms with Gasteiger partial charge >= 0.3 is 0 Å². The molecule has 1 saturated heterocycles. The number of carbonyl (C=O) groups is 1. The van der Waals surface area contributed by atoms with Crippen LogP contribution >= 0.6 is 0 Å². The monoisotopic (exact) mass is 425 g/mol. The summed E-state index contributed by atoms with van der Waals surface area (Å²) in [7, 11) is 0. The molecule has 1 saturated carbocycles. The molecule has 1 unspecified atom stereocenters. The number of amides is 1. The molecule has 4 heterocycles. The first-order chi connectivity index (χ1) is 15.8. The third-order valence-electron chi connectivity index (χ3n) is 6.32. The van der Waals surface area contributed by atoms with Crippen LogP contribution in [0.3, 0.4) is 0 Å². The summed E-state index contributed by atoms with van der Waals surface area (Å²) >= 11 is 0. The zero-order chi connectivity index (χ0) is 21.5. The molecule has 160 valence electrons. The molecule has 1 atom stereocenters. The van der Waals surface area contributed by atoms with Gasteiger partial charge in [0.25, 0.3) is 5.91 Å². The Bertz CT molecular complexity index is 1280. The lowest BCUT2D eigenvalue weighted by Crippen LogP contribution is -2.39. The van der Waals surface area contributed by atoms with Gasteiger partial charge < -0.3 is 9.42 Å². The number of para-hydroxylation sites is 1. The maximum Gasteiger partial charge on any atom is 0.255 e. The highest BCUT2D eigenvalue weighted by Crippen LogP contribution is 2.40. The van der Waals surface area contributed by atoms with Gasteiger partial charge in [-0.1, -0.05) is 29.4 Å². The van der Waals surface area contributed by atoms with Crippen LogP contribution in [-0.4, -0.2) is 37.5 Å². The van der Waals surface area contributed by atoms with Crippen molar-refractivity contribution < 1.29 is 9.32 Å². The maximum absolute atomic E-state index is 13.9. The standard InChI is InChI=1S/C25H23N5O2/c31-25(30-14-6-4-10-22(30)23-28-24(32-29-23)16-11-12-16)18-15-21(20-9-3-5-13-26-20)27-19-8-2-1-7-17(18)19/h1-3,5,7-9,13,15-16,22H,4,6,10-12,14H2. The summed E-state index contributed by atoms with van der Waals surface area (Å²) < 4.78 is 5.51. The average molecular weight is 425 g/mol. The van der Waals surface area contributed by atoms with Crippen LogP contribution in [0, 0.1) is 0 Å². The highest BCUT2D eigenvalue weighted by atomic mass is 16.5. The molecule has 2 aliphatic rings. The first-order valence-corrected chi connectivity index (χ1v) is 11.2. The van der Waals surface area contributed by atoms with Gasteiger partial charge in [-0.3, -0.25) is 9.78 Å². The lowest BCUT2D eigenvalue weighted by Gasteiger charge is -2.34. The Morgan fingerprint density at radius 2 is 1.84 bits per heavy atom. The van der Waals surface area contributed by atoms with Gasteiger partial charge in [0, 0.05) is 24.0 Å². The van der Waals surface area contributed by atoms with Crippen LogP contribution in [0.5, 0.6) is 0 Å². The van der Waals surface area contributed by atoms with E-state index in [0.29, 0.717) is 35.4 Å². The van der Waals surface area contributed by atoms with Crippen LogP contribution < -0.4 is 0 Å². The predicted octanol–water partition coefficient (Wildman–Crippen LogP) is 4.92. The van der Waals surface area contributed by atoms with E-state index >= 15 is 0 Å². The number of aromatic nitrogens is 4. The summed E-state index contributed by atoms with van der Waals surface area (Å²) in [6, 6.07) is 15.2. The van der Waals surface area contributed by atoms with E-state index in [0.717, 1.165) is 48.7 Å². The second-order valence-corrected chi connectivity index (χ2v) is 8.56. The summed E-state index contributed by atoms with van der Waals surface area (Å²) in [5.74, 6) is 1.71. The smallest absolute Gasteiger partial charge is 0.255 e. The van der Waals surface area contributed by atoms with Crippen LogP contribution in [0.4, 0.5) is 0 Å². The van der Waals surface area contributed by atoms with Gasteiger partial charge in [0.1, 0.15) is 0 Å². The van der Waals surface area contributed by atoms with Gasteiger partial charge in [-0.15, -0.1) is 0 Å². The number of hydrogen-bond donors (Lipinski definition) is 0. The van der Waals surface area contributed by atoms with Gasteiger partial charge in [0.2, 0.25) is 5.89 Å². The molecular formula is C25H23N5O2. The zero-order valence-electron chi connectivity index (χ0n) is 17.6. The molecule has 2 fully saturated rings. The van der Waals surface area contributed by atoms with Gasteiger partial charge in [-0.2, -0.15) is 4.98 Å². The number of rotatable bonds is 4. The van der Waals surface area contributed by atoms with Crippen molar-refractivity contribution in [2.75, 3.05) is 6.54 Å². The minimum atomic E-state index is -0.169. The Morgan fingerprint density at radius 1 is 0.969 bits per heavy atom. The molecule has 1 aromatic carbocycles. The fourth-order valence-corrected chi connectivity index (χ4v) is 4.47. The van der Waals surface area contributed by atoms with Gasteiger partial charge in [0.05, 0.1) is 28.5 Å². The molecule has 1 amide bonds. The van der Waals surface area contributed by atoms with Crippen molar-refractivity contribution in [3.05, 3.63) is 72.0 Å². The van der Waals surface area contributed by atoms with E-state index in [4.69, 9.17) is 9.51 Å². The SMILES string of the molecule is O=C(c1cc(-c2ccccn2)nc2ccccc12)N1CCCCC1c1noc(C2CC2)n1. The highest BCUT2D eigenvalue weighted by molar-refractivity contribution is 6.07. The van der Waals surface area contributed by atoms with Crippen LogP contribution in [0.15, 0.2) is 59.3 Å². The number of likely N-dealkylation sites (tertiary alicyclic amines) is 1. The lowest BCUT2D eigenvalue weighted by atomic mass is 9.98. The fourth-order valence-electron chi connectivity index (χ4n) is 4.47. The van der Waals surface area contributed by atoms with Crippen molar-refractivity contribution in [2.24, 2.45) is 0 Å². The average Bonchev–Trinajstić information content (AvgIpc) is 3.60. The predicted molar refractivity (Wildman–Crippen MR) is 119 cm³/mol. The van der Waals surface area contributed by atoms with Crippen molar-refractivity contribution in [1.29, 1.82) is 0 Å². The van der Waals surface area contributed by atoms with E-state index in [1.165, 1.54) is 0 Å². The fraction of sp³-hybridized carbons (Fsp3) is 0.320. The van der Waals surface area contributed by atoms with Crippen LogP contribution in [0.25, 0.3) is 22.3 Å². The molecule has 0 spiro atoms. The minimum Gasteiger partial charge on any atom is -0.339 e. The lowest BCUT2D eigenvalue weighted by molar-refractivity contribution is 0.0599. The van der Waals surface area contributed by atoms with Crippen LogP contribution in [0.1, 0.15) is 66.1 Å². The molecule has 7 nitrogen and oxygen atoms in total. The third-order valence-corrected chi connectivity index (χ3v) is 6.32. The molecule has 1 aliphatic carbocycles. The Morgan fingerprint density at radius 3 is 2.69 bits per heavy atom. The summed E-state index contributed by atoms with van der Waals surface area (Å²) in [5.41, 5.74) is 2.85. The number of carbonyl (C=O) groups excluding carboxylic acids is 1. The van der Waals surface area contributed by atoms with E-state index in [9.17, 15) is 4.79 Å².